The smallest absolute Gasteiger partial charge is 0.293 e. The molecule has 0 bridgehead atoms. The zero-order chi connectivity index (χ0) is 19.4. The molecular formula is C23H27NO3. The topological polar surface area (TPSA) is 40.5 Å². The molecule has 0 fully saturated rings. The molecule has 0 radical (unpaired) electrons. The standard InChI is InChI=1S/C23H27NO3/c1-5-24-21-9-7-6-8-19(21)14-22(24)18-10-12-20(13-11-18)27-23(3,4)15-17(2)26-16-25/h6-14,16-17H,5,15H2,1-4H3. The van der Waals surface area contributed by atoms with Gasteiger partial charge in [0.2, 0.25) is 0 Å². The molecule has 3 aromatic rings. The van der Waals surface area contributed by atoms with Crippen LogP contribution >= 0.6 is 0 Å². The first-order chi connectivity index (χ1) is 12.9. The van der Waals surface area contributed by atoms with Gasteiger partial charge in [0.1, 0.15) is 17.5 Å². The van der Waals surface area contributed by atoms with E-state index in [1.807, 2.05) is 32.9 Å². The molecule has 0 aliphatic rings. The third-order valence-electron chi connectivity index (χ3n) is 4.74. The zero-order valence-electron chi connectivity index (χ0n) is 16.4. The summed E-state index contributed by atoms with van der Waals surface area (Å²) >= 11 is 0. The largest absolute Gasteiger partial charge is 0.488 e. The number of hydrogen-bond donors (Lipinski definition) is 0. The number of para-hydroxylation sites is 1. The molecule has 1 heterocycles. The van der Waals surface area contributed by atoms with Crippen LogP contribution in [0.1, 0.15) is 34.1 Å². The summed E-state index contributed by atoms with van der Waals surface area (Å²) in [5.74, 6) is 0.807. The maximum atomic E-state index is 10.5. The first kappa shape index (κ1) is 19.0. The molecule has 27 heavy (non-hydrogen) atoms. The van der Waals surface area contributed by atoms with E-state index >= 15 is 0 Å². The molecular weight excluding hydrogens is 338 g/mol. The monoisotopic (exact) mass is 365 g/mol. The predicted molar refractivity (Wildman–Crippen MR) is 109 cm³/mol. The Balaban J connectivity index is 1.81. The lowest BCUT2D eigenvalue weighted by molar-refractivity contribution is -0.134. The van der Waals surface area contributed by atoms with E-state index in [-0.39, 0.29) is 6.10 Å². The fourth-order valence-corrected chi connectivity index (χ4v) is 3.68. The molecule has 4 heteroatoms. The van der Waals surface area contributed by atoms with Crippen molar-refractivity contribution < 1.29 is 14.3 Å². The number of carbonyl (C=O) groups excluding carboxylic acids is 1. The Kier molecular flexibility index (Phi) is 5.54. The van der Waals surface area contributed by atoms with Crippen LogP contribution in [0.5, 0.6) is 5.75 Å². The van der Waals surface area contributed by atoms with Crippen LogP contribution in [0.4, 0.5) is 0 Å². The lowest BCUT2D eigenvalue weighted by Gasteiger charge is -2.28. The maximum absolute atomic E-state index is 10.5. The van der Waals surface area contributed by atoms with Crippen LogP contribution in [-0.4, -0.2) is 22.7 Å². The summed E-state index contributed by atoms with van der Waals surface area (Å²) in [6, 6.07) is 18.9. The molecule has 4 nitrogen and oxygen atoms in total. The van der Waals surface area contributed by atoms with Crippen LogP contribution < -0.4 is 4.74 Å². The zero-order valence-corrected chi connectivity index (χ0v) is 16.4. The van der Waals surface area contributed by atoms with E-state index in [0.717, 1.165) is 17.9 Å². The van der Waals surface area contributed by atoms with Gasteiger partial charge in [0, 0.05) is 29.6 Å². The number of ether oxygens (including phenoxy) is 2. The molecule has 2 aromatic carbocycles. The molecule has 0 amide bonds. The van der Waals surface area contributed by atoms with Gasteiger partial charge >= 0.3 is 0 Å². The number of carbonyl (C=O) groups is 1. The fraction of sp³-hybridized carbons (Fsp3) is 0.348. The number of aromatic nitrogens is 1. The molecule has 0 aliphatic carbocycles. The van der Waals surface area contributed by atoms with Gasteiger partial charge in [0.25, 0.3) is 6.47 Å². The molecule has 0 N–H and O–H groups in total. The van der Waals surface area contributed by atoms with Crippen LogP contribution in [0.15, 0.2) is 54.6 Å². The van der Waals surface area contributed by atoms with Gasteiger partial charge in [0.15, 0.2) is 0 Å². The number of benzene rings is 2. The second-order valence-electron chi connectivity index (χ2n) is 7.47. The van der Waals surface area contributed by atoms with Crippen LogP contribution in [0.2, 0.25) is 0 Å². The van der Waals surface area contributed by atoms with Crippen molar-refractivity contribution in [1.29, 1.82) is 0 Å². The first-order valence-corrected chi connectivity index (χ1v) is 9.40. The van der Waals surface area contributed by atoms with E-state index < -0.39 is 5.60 Å². The highest BCUT2D eigenvalue weighted by Gasteiger charge is 2.24. The number of hydrogen-bond acceptors (Lipinski definition) is 3. The number of nitrogens with zero attached hydrogens (tertiary/aromatic N) is 1. The van der Waals surface area contributed by atoms with Crippen molar-refractivity contribution in [1.82, 2.24) is 4.57 Å². The van der Waals surface area contributed by atoms with E-state index in [0.29, 0.717) is 12.9 Å². The molecule has 1 unspecified atom stereocenters. The minimum Gasteiger partial charge on any atom is -0.488 e. The maximum Gasteiger partial charge on any atom is 0.293 e. The number of fused-ring (bicyclic) bond motifs is 1. The first-order valence-electron chi connectivity index (χ1n) is 9.40. The Morgan fingerprint density at radius 1 is 1.11 bits per heavy atom. The Bertz CT molecular complexity index is 909. The molecule has 0 aliphatic heterocycles. The molecule has 0 saturated heterocycles. The van der Waals surface area contributed by atoms with E-state index in [4.69, 9.17) is 9.47 Å². The molecule has 3 rings (SSSR count). The minimum atomic E-state index is -0.428. The van der Waals surface area contributed by atoms with Gasteiger partial charge < -0.3 is 14.0 Å². The second-order valence-corrected chi connectivity index (χ2v) is 7.47. The quantitative estimate of drug-likeness (QED) is 0.499. The van der Waals surface area contributed by atoms with Crippen molar-refractivity contribution in [3.8, 4) is 17.0 Å². The van der Waals surface area contributed by atoms with Crippen LogP contribution in [0.3, 0.4) is 0 Å². The summed E-state index contributed by atoms with van der Waals surface area (Å²) in [4.78, 5) is 10.5. The molecule has 0 saturated carbocycles. The van der Waals surface area contributed by atoms with E-state index in [1.165, 1.54) is 16.6 Å². The summed E-state index contributed by atoms with van der Waals surface area (Å²) in [5, 5.41) is 1.25. The van der Waals surface area contributed by atoms with E-state index in [9.17, 15) is 4.79 Å². The van der Waals surface area contributed by atoms with Crippen LogP contribution in [-0.2, 0) is 16.1 Å². The Hall–Kier alpha value is -2.75. The van der Waals surface area contributed by atoms with Crippen molar-refractivity contribution in [2.24, 2.45) is 0 Å². The van der Waals surface area contributed by atoms with Crippen molar-refractivity contribution in [3.05, 3.63) is 54.6 Å². The average molecular weight is 365 g/mol. The van der Waals surface area contributed by atoms with Gasteiger partial charge in [-0.2, -0.15) is 0 Å². The van der Waals surface area contributed by atoms with Crippen molar-refractivity contribution in [2.45, 2.75) is 52.4 Å². The van der Waals surface area contributed by atoms with E-state index in [1.54, 1.807) is 0 Å². The average Bonchev–Trinajstić information content (AvgIpc) is 3.00. The lowest BCUT2D eigenvalue weighted by Crippen LogP contribution is -2.33. The summed E-state index contributed by atoms with van der Waals surface area (Å²) in [5.41, 5.74) is 3.19. The second kappa shape index (κ2) is 7.87. The normalized spacial score (nSPS) is 12.7. The van der Waals surface area contributed by atoms with E-state index in [2.05, 4.69) is 54.0 Å². The van der Waals surface area contributed by atoms with Gasteiger partial charge in [0.05, 0.1) is 0 Å². The van der Waals surface area contributed by atoms with Crippen molar-refractivity contribution in [3.63, 3.8) is 0 Å². The van der Waals surface area contributed by atoms with Crippen LogP contribution in [0, 0.1) is 0 Å². The highest BCUT2D eigenvalue weighted by atomic mass is 16.5. The molecule has 1 aromatic heterocycles. The summed E-state index contributed by atoms with van der Waals surface area (Å²) in [7, 11) is 0. The lowest BCUT2D eigenvalue weighted by atomic mass is 10.0. The van der Waals surface area contributed by atoms with Gasteiger partial charge in [-0.15, -0.1) is 0 Å². The number of rotatable bonds is 8. The summed E-state index contributed by atoms with van der Waals surface area (Å²) < 4.78 is 13.4. The Morgan fingerprint density at radius 3 is 2.48 bits per heavy atom. The van der Waals surface area contributed by atoms with Crippen molar-refractivity contribution in [2.75, 3.05) is 0 Å². The SMILES string of the molecule is CCn1c(-c2ccc(OC(C)(C)CC(C)OC=O)cc2)cc2ccccc21. The highest BCUT2D eigenvalue weighted by Crippen LogP contribution is 2.30. The minimum absolute atomic E-state index is 0.183. The predicted octanol–water partition coefficient (Wildman–Crippen LogP) is 5.44. The van der Waals surface area contributed by atoms with Gasteiger partial charge in [-0.3, -0.25) is 4.79 Å². The summed E-state index contributed by atoms with van der Waals surface area (Å²) in [6.45, 7) is 9.44. The molecule has 1 atom stereocenters. The van der Waals surface area contributed by atoms with Gasteiger partial charge in [-0.05, 0) is 69.7 Å². The van der Waals surface area contributed by atoms with Crippen LogP contribution in [0.25, 0.3) is 22.2 Å². The summed E-state index contributed by atoms with van der Waals surface area (Å²) in [6.07, 6.45) is 0.439. The van der Waals surface area contributed by atoms with Gasteiger partial charge in [-0.25, -0.2) is 0 Å². The van der Waals surface area contributed by atoms with Gasteiger partial charge in [-0.1, -0.05) is 18.2 Å². The number of aryl methyl sites for hydroxylation is 1. The third kappa shape index (κ3) is 4.33. The molecule has 142 valence electrons. The Labute approximate surface area is 160 Å². The fourth-order valence-electron chi connectivity index (χ4n) is 3.68. The Morgan fingerprint density at radius 2 is 1.81 bits per heavy atom. The van der Waals surface area contributed by atoms with Crippen molar-refractivity contribution >= 4 is 17.4 Å². The molecule has 0 spiro atoms. The highest BCUT2D eigenvalue weighted by molar-refractivity contribution is 5.87. The third-order valence-corrected chi connectivity index (χ3v) is 4.74.